The highest BCUT2D eigenvalue weighted by atomic mass is 79.9. The molecule has 0 aromatic heterocycles. The molecular formula is C21H19BrN2O3S. The summed E-state index contributed by atoms with van der Waals surface area (Å²) in [6.07, 6.45) is 0.231. The van der Waals surface area contributed by atoms with Crippen LogP contribution < -0.4 is 10.0 Å². The molecule has 7 heteroatoms. The molecule has 2 N–H and O–H groups in total. The third-order valence-electron chi connectivity index (χ3n) is 4.06. The summed E-state index contributed by atoms with van der Waals surface area (Å²) in [5.41, 5.74) is 1.46. The lowest BCUT2D eigenvalue weighted by Crippen LogP contribution is -2.45. The van der Waals surface area contributed by atoms with Crippen molar-refractivity contribution in [3.05, 3.63) is 95.0 Å². The minimum Gasteiger partial charge on any atom is -0.325 e. The van der Waals surface area contributed by atoms with E-state index in [2.05, 4.69) is 26.0 Å². The molecule has 0 saturated heterocycles. The Bertz CT molecular complexity index is 1020. The van der Waals surface area contributed by atoms with Gasteiger partial charge in [0.25, 0.3) is 0 Å². The van der Waals surface area contributed by atoms with E-state index in [9.17, 15) is 13.2 Å². The van der Waals surface area contributed by atoms with Gasteiger partial charge < -0.3 is 5.32 Å². The number of hydrogen-bond acceptors (Lipinski definition) is 3. The van der Waals surface area contributed by atoms with Crippen molar-refractivity contribution in [3.63, 3.8) is 0 Å². The van der Waals surface area contributed by atoms with Crippen LogP contribution in [0.15, 0.2) is 94.3 Å². The minimum atomic E-state index is -3.87. The lowest BCUT2D eigenvalue weighted by Gasteiger charge is -2.19. The predicted octanol–water partition coefficient (Wildman–Crippen LogP) is 3.98. The monoisotopic (exact) mass is 458 g/mol. The van der Waals surface area contributed by atoms with Crippen molar-refractivity contribution >= 4 is 37.5 Å². The van der Waals surface area contributed by atoms with Crippen molar-refractivity contribution in [2.75, 3.05) is 5.32 Å². The lowest BCUT2D eigenvalue weighted by molar-refractivity contribution is -0.117. The molecule has 1 atom stereocenters. The van der Waals surface area contributed by atoms with Crippen molar-refractivity contribution in [2.45, 2.75) is 17.4 Å². The number of para-hydroxylation sites is 1. The van der Waals surface area contributed by atoms with Gasteiger partial charge in [0.05, 0.1) is 4.90 Å². The van der Waals surface area contributed by atoms with Crippen LogP contribution in [0.2, 0.25) is 0 Å². The molecule has 3 rings (SSSR count). The van der Waals surface area contributed by atoms with Crippen LogP contribution >= 0.6 is 15.9 Å². The first-order valence-electron chi connectivity index (χ1n) is 8.62. The summed E-state index contributed by atoms with van der Waals surface area (Å²) in [5, 5.41) is 2.77. The molecule has 0 fully saturated rings. The van der Waals surface area contributed by atoms with Crippen molar-refractivity contribution in [1.29, 1.82) is 0 Å². The highest BCUT2D eigenvalue weighted by molar-refractivity contribution is 9.10. The fourth-order valence-corrected chi connectivity index (χ4v) is 4.12. The number of benzene rings is 3. The Labute approximate surface area is 173 Å². The first-order valence-corrected chi connectivity index (χ1v) is 10.9. The fourth-order valence-electron chi connectivity index (χ4n) is 2.66. The normalized spacial score (nSPS) is 12.3. The maximum atomic E-state index is 12.8. The number of sulfonamides is 1. The van der Waals surface area contributed by atoms with Crippen LogP contribution in [-0.4, -0.2) is 20.4 Å². The Morgan fingerprint density at radius 1 is 0.857 bits per heavy atom. The van der Waals surface area contributed by atoms with E-state index in [4.69, 9.17) is 0 Å². The van der Waals surface area contributed by atoms with Gasteiger partial charge in [-0.2, -0.15) is 4.72 Å². The van der Waals surface area contributed by atoms with Crippen LogP contribution in [0.1, 0.15) is 5.56 Å². The van der Waals surface area contributed by atoms with E-state index in [-0.39, 0.29) is 11.3 Å². The van der Waals surface area contributed by atoms with E-state index in [1.165, 1.54) is 12.1 Å². The molecule has 0 saturated carbocycles. The highest BCUT2D eigenvalue weighted by Gasteiger charge is 2.26. The molecule has 1 amide bonds. The summed E-state index contributed by atoms with van der Waals surface area (Å²) < 4.78 is 28.9. The molecule has 0 radical (unpaired) electrons. The Morgan fingerprint density at radius 2 is 1.43 bits per heavy atom. The van der Waals surface area contributed by atoms with Gasteiger partial charge in [-0.15, -0.1) is 0 Å². The Hall–Kier alpha value is -2.48. The molecule has 28 heavy (non-hydrogen) atoms. The molecule has 0 spiro atoms. The maximum Gasteiger partial charge on any atom is 0.242 e. The third kappa shape index (κ3) is 5.51. The number of hydrogen-bond donors (Lipinski definition) is 2. The Morgan fingerprint density at radius 3 is 2.04 bits per heavy atom. The van der Waals surface area contributed by atoms with Crippen LogP contribution in [0.4, 0.5) is 5.69 Å². The lowest BCUT2D eigenvalue weighted by atomic mass is 10.1. The zero-order chi connectivity index (χ0) is 20.0. The van der Waals surface area contributed by atoms with E-state index in [0.717, 1.165) is 10.0 Å². The summed E-state index contributed by atoms with van der Waals surface area (Å²) in [6.45, 7) is 0. The second-order valence-corrected chi connectivity index (χ2v) is 8.80. The molecule has 3 aromatic rings. The first kappa shape index (κ1) is 20.3. The fraction of sp³-hybridized carbons (Fsp3) is 0.0952. The number of carbonyl (C=O) groups is 1. The van der Waals surface area contributed by atoms with Crippen molar-refractivity contribution < 1.29 is 13.2 Å². The van der Waals surface area contributed by atoms with Gasteiger partial charge in [-0.1, -0.05) is 64.5 Å². The second kappa shape index (κ2) is 9.14. The average molecular weight is 459 g/mol. The van der Waals surface area contributed by atoms with Gasteiger partial charge >= 0.3 is 0 Å². The van der Waals surface area contributed by atoms with E-state index in [1.54, 1.807) is 36.4 Å². The van der Waals surface area contributed by atoms with Crippen LogP contribution in [0, 0.1) is 0 Å². The van der Waals surface area contributed by atoms with Gasteiger partial charge in [-0.3, -0.25) is 4.79 Å². The van der Waals surface area contributed by atoms with Crippen LogP contribution in [0.5, 0.6) is 0 Å². The van der Waals surface area contributed by atoms with Gasteiger partial charge in [0.2, 0.25) is 15.9 Å². The summed E-state index contributed by atoms with van der Waals surface area (Å²) in [4.78, 5) is 12.9. The number of amides is 1. The molecular weight excluding hydrogens is 440 g/mol. The average Bonchev–Trinajstić information content (AvgIpc) is 2.69. The Kier molecular flexibility index (Phi) is 6.61. The van der Waals surface area contributed by atoms with Gasteiger partial charge in [0.1, 0.15) is 6.04 Å². The minimum absolute atomic E-state index is 0.0984. The van der Waals surface area contributed by atoms with Crippen molar-refractivity contribution in [2.24, 2.45) is 0 Å². The largest absolute Gasteiger partial charge is 0.325 e. The SMILES string of the molecule is O=C(Nc1ccccc1)[C@H](Cc1ccccc1)NS(=O)(=O)c1ccc(Br)cc1. The molecule has 144 valence electrons. The van der Waals surface area contributed by atoms with Crippen LogP contribution in [0.25, 0.3) is 0 Å². The molecule has 0 aliphatic carbocycles. The van der Waals surface area contributed by atoms with Crippen molar-refractivity contribution in [3.8, 4) is 0 Å². The van der Waals surface area contributed by atoms with E-state index < -0.39 is 22.0 Å². The smallest absolute Gasteiger partial charge is 0.242 e. The third-order valence-corrected chi connectivity index (χ3v) is 6.08. The summed E-state index contributed by atoms with van der Waals surface area (Å²) >= 11 is 3.29. The summed E-state index contributed by atoms with van der Waals surface area (Å²) in [7, 11) is -3.87. The highest BCUT2D eigenvalue weighted by Crippen LogP contribution is 2.16. The molecule has 0 aliphatic rings. The standard InChI is InChI=1S/C21H19BrN2O3S/c22-17-11-13-19(14-12-17)28(26,27)24-20(15-16-7-3-1-4-8-16)21(25)23-18-9-5-2-6-10-18/h1-14,20,24H,15H2,(H,23,25)/t20-/m0/s1. The van der Waals surface area contributed by atoms with E-state index >= 15 is 0 Å². The summed E-state index contributed by atoms with van der Waals surface area (Å²) in [5.74, 6) is -0.421. The molecule has 0 bridgehead atoms. The second-order valence-electron chi connectivity index (χ2n) is 6.17. The van der Waals surface area contributed by atoms with Gasteiger partial charge in [-0.25, -0.2) is 8.42 Å². The number of halogens is 1. The van der Waals surface area contributed by atoms with Gasteiger partial charge in [0, 0.05) is 10.2 Å². The van der Waals surface area contributed by atoms with Crippen LogP contribution in [-0.2, 0) is 21.2 Å². The van der Waals surface area contributed by atoms with Crippen molar-refractivity contribution in [1.82, 2.24) is 4.72 Å². The molecule has 0 heterocycles. The molecule has 0 unspecified atom stereocenters. The first-order chi connectivity index (χ1) is 13.4. The number of carbonyl (C=O) groups excluding carboxylic acids is 1. The number of anilines is 1. The Balaban J connectivity index is 1.84. The van der Waals surface area contributed by atoms with Crippen LogP contribution in [0.3, 0.4) is 0 Å². The topological polar surface area (TPSA) is 75.3 Å². The zero-order valence-electron chi connectivity index (χ0n) is 14.9. The number of nitrogens with one attached hydrogen (secondary N) is 2. The zero-order valence-corrected chi connectivity index (χ0v) is 17.3. The number of rotatable bonds is 7. The molecule has 3 aromatic carbocycles. The van der Waals surface area contributed by atoms with E-state index in [1.807, 2.05) is 36.4 Å². The van der Waals surface area contributed by atoms with Gasteiger partial charge in [0.15, 0.2) is 0 Å². The summed E-state index contributed by atoms with van der Waals surface area (Å²) in [6, 6.07) is 23.5. The predicted molar refractivity (Wildman–Crippen MR) is 113 cm³/mol. The maximum absolute atomic E-state index is 12.8. The molecule has 5 nitrogen and oxygen atoms in total. The van der Waals surface area contributed by atoms with E-state index in [0.29, 0.717) is 5.69 Å². The quantitative estimate of drug-likeness (QED) is 0.562. The van der Waals surface area contributed by atoms with Gasteiger partial charge in [-0.05, 0) is 48.4 Å². The molecule has 0 aliphatic heterocycles.